The summed E-state index contributed by atoms with van der Waals surface area (Å²) < 4.78 is 5.36. The lowest BCUT2D eigenvalue weighted by atomic mass is 10.2. The Kier molecular flexibility index (Phi) is 4.06. The molecule has 6 nitrogen and oxygen atoms in total. The molecule has 0 saturated carbocycles. The van der Waals surface area contributed by atoms with E-state index < -0.39 is 0 Å². The second-order valence-electron chi connectivity index (χ2n) is 4.40. The lowest BCUT2D eigenvalue weighted by Crippen LogP contribution is -2.07. The third kappa shape index (κ3) is 3.44. The molecule has 3 aromatic rings. The molecule has 1 N–H and O–H groups in total. The van der Waals surface area contributed by atoms with Gasteiger partial charge in [0.25, 0.3) is 11.8 Å². The van der Waals surface area contributed by atoms with Gasteiger partial charge in [-0.1, -0.05) is 35.4 Å². The van der Waals surface area contributed by atoms with Gasteiger partial charge in [-0.05, 0) is 18.6 Å². The third-order valence-corrected chi connectivity index (χ3v) is 3.49. The average molecular weight is 312 g/mol. The summed E-state index contributed by atoms with van der Waals surface area (Å²) >= 11 is 1.49. The number of amides is 1. The van der Waals surface area contributed by atoms with E-state index in [2.05, 4.69) is 20.5 Å². The summed E-state index contributed by atoms with van der Waals surface area (Å²) in [7, 11) is 0. The van der Waals surface area contributed by atoms with Gasteiger partial charge >= 0.3 is 6.01 Å². The first-order valence-electron chi connectivity index (χ1n) is 6.51. The summed E-state index contributed by atoms with van der Waals surface area (Å²) in [4.78, 5) is 16.0. The molecule has 1 amide bonds. The van der Waals surface area contributed by atoms with Crippen LogP contribution in [0, 0.1) is 6.92 Å². The van der Waals surface area contributed by atoms with E-state index in [1.54, 1.807) is 6.08 Å². The van der Waals surface area contributed by atoms with Crippen LogP contribution in [0.4, 0.5) is 6.01 Å². The van der Waals surface area contributed by atoms with Crippen molar-refractivity contribution in [1.82, 2.24) is 15.2 Å². The highest BCUT2D eigenvalue weighted by Gasteiger charge is 2.12. The highest BCUT2D eigenvalue weighted by Crippen LogP contribution is 2.21. The highest BCUT2D eigenvalue weighted by molar-refractivity contribution is 7.09. The number of rotatable bonds is 4. The first-order valence-corrected chi connectivity index (χ1v) is 7.39. The molecule has 0 radical (unpaired) electrons. The van der Waals surface area contributed by atoms with E-state index in [4.69, 9.17) is 4.42 Å². The number of anilines is 1. The van der Waals surface area contributed by atoms with Crippen molar-refractivity contribution in [2.75, 3.05) is 5.32 Å². The van der Waals surface area contributed by atoms with Gasteiger partial charge in [-0.3, -0.25) is 10.1 Å². The van der Waals surface area contributed by atoms with Gasteiger partial charge in [-0.25, -0.2) is 4.98 Å². The minimum absolute atomic E-state index is 0.0448. The van der Waals surface area contributed by atoms with Crippen molar-refractivity contribution in [2.24, 2.45) is 0 Å². The van der Waals surface area contributed by atoms with E-state index in [-0.39, 0.29) is 17.8 Å². The zero-order valence-corrected chi connectivity index (χ0v) is 12.5. The summed E-state index contributed by atoms with van der Waals surface area (Å²) in [5, 5.41) is 12.9. The maximum absolute atomic E-state index is 11.8. The predicted octanol–water partition coefficient (Wildman–Crippen LogP) is 3.15. The summed E-state index contributed by atoms with van der Waals surface area (Å²) in [6, 6.07) is 9.56. The van der Waals surface area contributed by atoms with Crippen LogP contribution in [0.1, 0.15) is 10.6 Å². The summed E-state index contributed by atoms with van der Waals surface area (Å²) in [6.07, 6.45) is 3.11. The Balaban J connectivity index is 1.65. The van der Waals surface area contributed by atoms with Crippen LogP contribution >= 0.6 is 11.3 Å². The minimum Gasteiger partial charge on any atom is -0.401 e. The summed E-state index contributed by atoms with van der Waals surface area (Å²) in [5.74, 6) is -0.0554. The number of nitrogens with zero attached hydrogens (tertiary/aromatic N) is 3. The fourth-order valence-electron chi connectivity index (χ4n) is 1.72. The standard InChI is InChI=1S/C15H12N4O2S/c1-10-16-12(9-22-10)14-18-19-15(21-14)17-13(20)8-7-11-5-3-2-4-6-11/h2-9H,1H3,(H,17,19,20)/b8-7+. The Bertz CT molecular complexity index is 808. The van der Waals surface area contributed by atoms with Crippen molar-refractivity contribution in [2.45, 2.75) is 6.92 Å². The number of benzene rings is 1. The van der Waals surface area contributed by atoms with Crippen LogP contribution < -0.4 is 5.32 Å². The number of hydrogen-bond donors (Lipinski definition) is 1. The van der Waals surface area contributed by atoms with Gasteiger partial charge in [0.05, 0.1) is 5.01 Å². The lowest BCUT2D eigenvalue weighted by Gasteiger charge is -1.94. The maximum Gasteiger partial charge on any atom is 0.322 e. The van der Waals surface area contributed by atoms with E-state index in [1.807, 2.05) is 42.6 Å². The minimum atomic E-state index is -0.339. The lowest BCUT2D eigenvalue weighted by molar-refractivity contribution is -0.112. The first-order chi connectivity index (χ1) is 10.7. The maximum atomic E-state index is 11.8. The van der Waals surface area contributed by atoms with Gasteiger partial charge in [-0.2, -0.15) is 0 Å². The zero-order chi connectivity index (χ0) is 15.4. The second-order valence-corrected chi connectivity index (χ2v) is 5.46. The molecule has 7 heteroatoms. The molecule has 0 spiro atoms. The molecular formula is C15H12N4O2S. The van der Waals surface area contributed by atoms with E-state index >= 15 is 0 Å². The van der Waals surface area contributed by atoms with Crippen LogP contribution in [-0.4, -0.2) is 21.1 Å². The van der Waals surface area contributed by atoms with Crippen LogP contribution in [0.3, 0.4) is 0 Å². The Hall–Kier alpha value is -2.80. The van der Waals surface area contributed by atoms with Gasteiger partial charge < -0.3 is 4.42 Å². The number of aromatic nitrogens is 3. The topological polar surface area (TPSA) is 80.9 Å². The fraction of sp³-hybridized carbons (Fsp3) is 0.0667. The number of hydrogen-bond acceptors (Lipinski definition) is 6. The Labute approximate surface area is 130 Å². The van der Waals surface area contributed by atoms with E-state index in [1.165, 1.54) is 17.4 Å². The smallest absolute Gasteiger partial charge is 0.322 e. The van der Waals surface area contributed by atoms with Crippen LogP contribution in [0.2, 0.25) is 0 Å². The van der Waals surface area contributed by atoms with Crippen LogP contribution in [0.5, 0.6) is 0 Å². The number of aryl methyl sites for hydroxylation is 1. The molecule has 2 aromatic heterocycles. The summed E-state index contributed by atoms with van der Waals surface area (Å²) in [5.41, 5.74) is 1.54. The van der Waals surface area contributed by atoms with Gasteiger partial charge in [0.15, 0.2) is 0 Å². The fourth-order valence-corrected chi connectivity index (χ4v) is 2.31. The van der Waals surface area contributed by atoms with Crippen molar-refractivity contribution in [1.29, 1.82) is 0 Å². The summed E-state index contributed by atoms with van der Waals surface area (Å²) in [6.45, 7) is 1.89. The predicted molar refractivity (Wildman–Crippen MR) is 84.2 cm³/mol. The quantitative estimate of drug-likeness (QED) is 0.748. The van der Waals surface area contributed by atoms with Crippen LogP contribution in [-0.2, 0) is 4.79 Å². The monoisotopic (exact) mass is 312 g/mol. The van der Waals surface area contributed by atoms with E-state index in [9.17, 15) is 4.79 Å². The number of carbonyl (C=O) groups is 1. The van der Waals surface area contributed by atoms with Crippen LogP contribution in [0.15, 0.2) is 46.2 Å². The second kappa shape index (κ2) is 6.31. The number of nitrogens with one attached hydrogen (secondary N) is 1. The molecular weight excluding hydrogens is 300 g/mol. The molecule has 0 fully saturated rings. The molecule has 2 heterocycles. The molecule has 1 aromatic carbocycles. The van der Waals surface area contributed by atoms with Crippen molar-refractivity contribution in [3.8, 4) is 11.6 Å². The molecule has 3 rings (SSSR count). The Morgan fingerprint density at radius 2 is 2.09 bits per heavy atom. The highest BCUT2D eigenvalue weighted by atomic mass is 32.1. The largest absolute Gasteiger partial charge is 0.401 e. The number of thiazole rings is 1. The van der Waals surface area contributed by atoms with Crippen molar-refractivity contribution >= 4 is 29.3 Å². The Morgan fingerprint density at radius 3 is 2.82 bits per heavy atom. The average Bonchev–Trinajstić information content (AvgIpc) is 3.15. The van der Waals surface area contributed by atoms with Gasteiger partial charge in [0, 0.05) is 11.5 Å². The number of carbonyl (C=O) groups excluding carboxylic acids is 1. The zero-order valence-electron chi connectivity index (χ0n) is 11.7. The Morgan fingerprint density at radius 1 is 1.27 bits per heavy atom. The van der Waals surface area contributed by atoms with E-state index in [0.717, 1.165) is 10.6 Å². The molecule has 0 bridgehead atoms. The van der Waals surface area contributed by atoms with Crippen molar-refractivity contribution < 1.29 is 9.21 Å². The van der Waals surface area contributed by atoms with E-state index in [0.29, 0.717) is 5.69 Å². The molecule has 0 aliphatic rings. The van der Waals surface area contributed by atoms with Crippen molar-refractivity contribution in [3.63, 3.8) is 0 Å². The van der Waals surface area contributed by atoms with Gasteiger partial charge in [0.1, 0.15) is 5.69 Å². The van der Waals surface area contributed by atoms with Gasteiger partial charge in [0.2, 0.25) is 0 Å². The van der Waals surface area contributed by atoms with Gasteiger partial charge in [-0.15, -0.1) is 16.4 Å². The molecule has 0 atom stereocenters. The van der Waals surface area contributed by atoms with Crippen LogP contribution in [0.25, 0.3) is 17.7 Å². The third-order valence-electron chi connectivity index (χ3n) is 2.72. The molecule has 0 aliphatic heterocycles. The first kappa shape index (κ1) is 14.2. The molecule has 0 unspecified atom stereocenters. The van der Waals surface area contributed by atoms with Crippen molar-refractivity contribution in [3.05, 3.63) is 52.4 Å². The molecule has 0 saturated heterocycles. The normalized spacial score (nSPS) is 11.0. The SMILES string of the molecule is Cc1nc(-c2nnc(NC(=O)/C=C/c3ccccc3)o2)cs1. The molecule has 0 aliphatic carbocycles. The molecule has 110 valence electrons. The molecule has 22 heavy (non-hydrogen) atoms.